The fourth-order valence-electron chi connectivity index (χ4n) is 1.44. The van der Waals surface area contributed by atoms with Gasteiger partial charge in [0, 0.05) is 12.3 Å². The zero-order valence-electron chi connectivity index (χ0n) is 10.8. The van der Waals surface area contributed by atoms with Gasteiger partial charge >= 0.3 is 0 Å². The second kappa shape index (κ2) is 6.98. The van der Waals surface area contributed by atoms with E-state index in [0.29, 0.717) is 22.5 Å². The van der Waals surface area contributed by atoms with E-state index in [1.54, 1.807) is 18.7 Å². The summed E-state index contributed by atoms with van der Waals surface area (Å²) in [5.74, 6) is 2.96. The molecule has 1 atom stereocenters. The SMILES string of the molecule is C#CCn1ncc(NCC(C)(O)CSC)c(Br)c1=O. The third-order valence-electron chi connectivity index (χ3n) is 2.34. The average molecular weight is 346 g/mol. The summed E-state index contributed by atoms with van der Waals surface area (Å²) >= 11 is 4.77. The van der Waals surface area contributed by atoms with Gasteiger partial charge in [0.05, 0.1) is 17.5 Å². The van der Waals surface area contributed by atoms with Crippen molar-refractivity contribution in [1.82, 2.24) is 9.78 Å². The Balaban J connectivity index is 2.84. The fraction of sp³-hybridized carbons (Fsp3) is 0.500. The summed E-state index contributed by atoms with van der Waals surface area (Å²) in [6, 6.07) is 0. The van der Waals surface area contributed by atoms with E-state index in [4.69, 9.17) is 6.42 Å². The van der Waals surface area contributed by atoms with Crippen LogP contribution < -0.4 is 10.9 Å². The molecule has 0 aromatic carbocycles. The van der Waals surface area contributed by atoms with Gasteiger partial charge < -0.3 is 10.4 Å². The number of rotatable bonds is 6. The molecule has 7 heteroatoms. The molecule has 0 aliphatic heterocycles. The molecular formula is C12H16BrN3O2S. The van der Waals surface area contributed by atoms with Gasteiger partial charge in [-0.2, -0.15) is 16.9 Å². The maximum Gasteiger partial charge on any atom is 0.284 e. The first kappa shape index (κ1) is 16.1. The van der Waals surface area contributed by atoms with Crippen molar-refractivity contribution in [3.8, 4) is 12.3 Å². The maximum absolute atomic E-state index is 11.9. The Hall–Kier alpha value is -0.970. The van der Waals surface area contributed by atoms with Crippen LogP contribution in [0.2, 0.25) is 0 Å². The van der Waals surface area contributed by atoms with Crippen LogP contribution in [0.15, 0.2) is 15.5 Å². The van der Waals surface area contributed by atoms with Crippen LogP contribution in [0.25, 0.3) is 0 Å². The minimum Gasteiger partial charge on any atom is -0.387 e. The van der Waals surface area contributed by atoms with Crippen molar-refractivity contribution in [3.63, 3.8) is 0 Å². The largest absolute Gasteiger partial charge is 0.387 e. The van der Waals surface area contributed by atoms with Crippen LogP contribution in [-0.2, 0) is 6.54 Å². The predicted octanol–water partition coefficient (Wildman–Crippen LogP) is 1.16. The highest BCUT2D eigenvalue weighted by atomic mass is 79.9. The minimum atomic E-state index is -0.855. The van der Waals surface area contributed by atoms with Gasteiger partial charge in [-0.15, -0.1) is 6.42 Å². The van der Waals surface area contributed by atoms with Crippen LogP contribution in [-0.4, -0.2) is 39.0 Å². The van der Waals surface area contributed by atoms with Crippen molar-refractivity contribution < 1.29 is 5.11 Å². The lowest BCUT2D eigenvalue weighted by atomic mass is 10.1. The van der Waals surface area contributed by atoms with E-state index in [9.17, 15) is 9.90 Å². The molecule has 0 amide bonds. The summed E-state index contributed by atoms with van der Waals surface area (Å²) in [5.41, 5.74) is -0.612. The molecule has 0 saturated carbocycles. The summed E-state index contributed by atoms with van der Waals surface area (Å²) in [6.07, 6.45) is 8.59. The monoisotopic (exact) mass is 345 g/mol. The van der Waals surface area contributed by atoms with Gasteiger partial charge in [0.2, 0.25) is 0 Å². The number of anilines is 1. The van der Waals surface area contributed by atoms with Crippen LogP contribution >= 0.6 is 27.7 Å². The molecule has 1 aromatic heterocycles. The molecule has 0 saturated heterocycles. The molecule has 19 heavy (non-hydrogen) atoms. The number of hydrogen-bond acceptors (Lipinski definition) is 5. The summed E-state index contributed by atoms with van der Waals surface area (Å²) in [4.78, 5) is 11.9. The number of aromatic nitrogens is 2. The number of nitrogens with one attached hydrogen (secondary N) is 1. The number of halogens is 1. The van der Waals surface area contributed by atoms with E-state index in [-0.39, 0.29) is 12.1 Å². The normalized spacial score (nSPS) is 13.6. The predicted molar refractivity (Wildman–Crippen MR) is 82.5 cm³/mol. The van der Waals surface area contributed by atoms with Gasteiger partial charge in [-0.25, -0.2) is 4.68 Å². The van der Waals surface area contributed by atoms with Crippen LogP contribution in [0.3, 0.4) is 0 Å². The van der Waals surface area contributed by atoms with E-state index >= 15 is 0 Å². The van der Waals surface area contributed by atoms with Crippen LogP contribution in [0, 0.1) is 12.3 Å². The smallest absolute Gasteiger partial charge is 0.284 e. The van der Waals surface area contributed by atoms with Gasteiger partial charge in [-0.3, -0.25) is 4.79 Å². The molecule has 0 bridgehead atoms. The molecule has 104 valence electrons. The van der Waals surface area contributed by atoms with Gasteiger partial charge in [-0.1, -0.05) is 5.92 Å². The van der Waals surface area contributed by atoms with Crippen molar-refractivity contribution in [3.05, 3.63) is 21.0 Å². The molecule has 5 nitrogen and oxygen atoms in total. The van der Waals surface area contributed by atoms with Gasteiger partial charge in [0.1, 0.15) is 11.0 Å². The lowest BCUT2D eigenvalue weighted by Crippen LogP contribution is -2.36. The Bertz CT molecular complexity index is 537. The fourth-order valence-corrected chi connectivity index (χ4v) is 2.61. The second-order valence-electron chi connectivity index (χ2n) is 4.32. The van der Waals surface area contributed by atoms with Crippen molar-refractivity contribution in [2.24, 2.45) is 0 Å². The summed E-state index contributed by atoms with van der Waals surface area (Å²) in [6.45, 7) is 2.19. The summed E-state index contributed by atoms with van der Waals surface area (Å²) in [5, 5.41) is 17.0. The molecule has 1 unspecified atom stereocenters. The minimum absolute atomic E-state index is 0.127. The summed E-state index contributed by atoms with van der Waals surface area (Å²) in [7, 11) is 0. The third kappa shape index (κ3) is 4.56. The van der Waals surface area contributed by atoms with Gasteiger partial charge in [0.25, 0.3) is 5.56 Å². The Morgan fingerprint density at radius 3 is 3.00 bits per heavy atom. The molecule has 0 radical (unpaired) electrons. The number of thioether (sulfide) groups is 1. The van der Waals surface area contributed by atoms with E-state index in [2.05, 4.69) is 32.3 Å². The molecule has 0 aliphatic carbocycles. The van der Waals surface area contributed by atoms with Crippen molar-refractivity contribution in [2.75, 3.05) is 23.9 Å². The quantitative estimate of drug-likeness (QED) is 0.757. The van der Waals surface area contributed by atoms with Gasteiger partial charge in [0.15, 0.2) is 0 Å². The van der Waals surface area contributed by atoms with E-state index in [0.717, 1.165) is 0 Å². The van der Waals surface area contributed by atoms with E-state index in [1.165, 1.54) is 10.9 Å². The van der Waals surface area contributed by atoms with Crippen LogP contribution in [0.1, 0.15) is 6.92 Å². The molecule has 1 rings (SSSR count). The highest BCUT2D eigenvalue weighted by molar-refractivity contribution is 9.10. The lowest BCUT2D eigenvalue weighted by molar-refractivity contribution is 0.0997. The Kier molecular flexibility index (Phi) is 5.91. The lowest BCUT2D eigenvalue weighted by Gasteiger charge is -2.23. The van der Waals surface area contributed by atoms with Gasteiger partial charge in [-0.05, 0) is 29.1 Å². The van der Waals surface area contributed by atoms with E-state index in [1.807, 2.05) is 6.26 Å². The molecule has 0 spiro atoms. The average Bonchev–Trinajstić information content (AvgIpc) is 2.34. The number of hydrogen-bond donors (Lipinski definition) is 2. The zero-order valence-corrected chi connectivity index (χ0v) is 13.2. The molecular weight excluding hydrogens is 330 g/mol. The standard InChI is InChI=1S/C12H16BrN3O2S/c1-4-5-16-11(17)10(13)9(6-15-16)14-7-12(2,18)8-19-3/h1,6,14,18H,5,7-8H2,2-3H3. The zero-order chi connectivity index (χ0) is 14.5. The maximum atomic E-state index is 11.9. The van der Waals surface area contributed by atoms with Crippen molar-refractivity contribution >= 4 is 33.4 Å². The first-order chi connectivity index (χ1) is 8.91. The van der Waals surface area contributed by atoms with Crippen LogP contribution in [0.5, 0.6) is 0 Å². The topological polar surface area (TPSA) is 67.2 Å². The second-order valence-corrected chi connectivity index (χ2v) is 5.98. The summed E-state index contributed by atoms with van der Waals surface area (Å²) < 4.78 is 1.55. The highest BCUT2D eigenvalue weighted by Gasteiger charge is 2.20. The first-order valence-electron chi connectivity index (χ1n) is 5.55. The molecule has 2 N–H and O–H groups in total. The molecule has 0 aliphatic rings. The van der Waals surface area contributed by atoms with E-state index < -0.39 is 5.60 Å². The number of aliphatic hydroxyl groups is 1. The number of nitrogens with zero attached hydrogens (tertiary/aromatic N) is 2. The van der Waals surface area contributed by atoms with Crippen molar-refractivity contribution in [2.45, 2.75) is 19.1 Å². The Morgan fingerprint density at radius 2 is 2.42 bits per heavy atom. The molecule has 1 aromatic rings. The Labute approximate surface area is 124 Å². The number of terminal acetylenes is 1. The molecule has 0 fully saturated rings. The highest BCUT2D eigenvalue weighted by Crippen LogP contribution is 2.18. The third-order valence-corrected chi connectivity index (χ3v) is 4.02. The first-order valence-corrected chi connectivity index (χ1v) is 7.74. The Morgan fingerprint density at radius 1 is 1.74 bits per heavy atom. The van der Waals surface area contributed by atoms with Crippen LogP contribution in [0.4, 0.5) is 5.69 Å². The molecule has 1 heterocycles. The van der Waals surface area contributed by atoms with Crippen molar-refractivity contribution in [1.29, 1.82) is 0 Å².